The van der Waals surface area contributed by atoms with Crippen LogP contribution in [-0.4, -0.2) is 33.5 Å². The number of thioether (sulfide) groups is 1. The van der Waals surface area contributed by atoms with Crippen LogP contribution in [0.2, 0.25) is 0 Å². The molecule has 0 aliphatic rings. The highest BCUT2D eigenvalue weighted by Crippen LogP contribution is 2.26. The van der Waals surface area contributed by atoms with Crippen molar-refractivity contribution >= 4 is 17.7 Å². The topological polar surface area (TPSA) is 69.0 Å². The summed E-state index contributed by atoms with van der Waals surface area (Å²) >= 11 is 1.41. The van der Waals surface area contributed by atoms with Gasteiger partial charge in [0.1, 0.15) is 5.75 Å². The lowest BCUT2D eigenvalue weighted by Gasteiger charge is -2.18. The van der Waals surface area contributed by atoms with E-state index in [1.807, 2.05) is 54.0 Å². The summed E-state index contributed by atoms with van der Waals surface area (Å²) in [6.45, 7) is 4.90. The predicted octanol–water partition coefficient (Wildman–Crippen LogP) is 4.72. The maximum atomic E-state index is 12.6. The number of carbonyl (C=O) groups excluding carboxylic acids is 1. The first-order chi connectivity index (χ1) is 14.7. The lowest BCUT2D eigenvalue weighted by Crippen LogP contribution is -2.30. The van der Waals surface area contributed by atoms with Crippen LogP contribution in [0.4, 0.5) is 0 Å². The number of hydrogen-bond acceptors (Lipinski definition) is 5. The molecule has 1 heterocycles. The molecule has 0 aliphatic heterocycles. The van der Waals surface area contributed by atoms with Crippen LogP contribution in [0, 0.1) is 0 Å². The zero-order valence-corrected chi connectivity index (χ0v) is 18.5. The van der Waals surface area contributed by atoms with Crippen LogP contribution in [0.5, 0.6) is 5.75 Å². The maximum Gasteiger partial charge on any atom is 0.230 e. The van der Waals surface area contributed by atoms with Gasteiger partial charge in [-0.15, -0.1) is 10.2 Å². The smallest absolute Gasteiger partial charge is 0.230 e. The number of carbonyl (C=O) groups is 1. The van der Waals surface area contributed by atoms with E-state index < -0.39 is 0 Å². The minimum Gasteiger partial charge on any atom is -0.497 e. The largest absolute Gasteiger partial charge is 0.497 e. The Labute approximate surface area is 182 Å². The molecule has 0 fully saturated rings. The summed E-state index contributed by atoms with van der Waals surface area (Å²) in [5.41, 5.74) is 2.10. The zero-order valence-electron chi connectivity index (χ0n) is 17.7. The molecule has 6 nitrogen and oxygen atoms in total. The Morgan fingerprint density at radius 3 is 2.47 bits per heavy atom. The number of aromatic nitrogens is 3. The van der Waals surface area contributed by atoms with Gasteiger partial charge < -0.3 is 14.6 Å². The third-order valence-electron chi connectivity index (χ3n) is 4.83. The second-order valence-corrected chi connectivity index (χ2v) is 7.83. The van der Waals surface area contributed by atoms with Crippen molar-refractivity contribution in [3.63, 3.8) is 0 Å². The average molecular weight is 425 g/mol. The molecule has 0 saturated carbocycles. The van der Waals surface area contributed by atoms with E-state index in [1.54, 1.807) is 7.11 Å². The summed E-state index contributed by atoms with van der Waals surface area (Å²) in [6, 6.07) is 17.9. The summed E-state index contributed by atoms with van der Waals surface area (Å²) in [4.78, 5) is 12.6. The lowest BCUT2D eigenvalue weighted by atomic mass is 10.0. The van der Waals surface area contributed by atoms with Crippen molar-refractivity contribution in [3.8, 4) is 17.1 Å². The van der Waals surface area contributed by atoms with Crippen LogP contribution in [0.1, 0.15) is 38.3 Å². The van der Waals surface area contributed by atoms with Crippen LogP contribution >= 0.6 is 11.8 Å². The molecular weight excluding hydrogens is 396 g/mol. The zero-order chi connectivity index (χ0) is 21.3. The van der Waals surface area contributed by atoms with Gasteiger partial charge in [-0.25, -0.2) is 0 Å². The fraction of sp³-hybridized carbons (Fsp3) is 0.348. The number of amides is 1. The Morgan fingerprint density at radius 2 is 1.83 bits per heavy atom. The molecule has 1 aromatic heterocycles. The highest BCUT2D eigenvalue weighted by Gasteiger charge is 2.17. The molecule has 0 spiro atoms. The Bertz CT molecular complexity index is 942. The second kappa shape index (κ2) is 10.8. The van der Waals surface area contributed by atoms with Crippen molar-refractivity contribution < 1.29 is 9.53 Å². The lowest BCUT2D eigenvalue weighted by molar-refractivity contribution is -0.119. The Morgan fingerprint density at radius 1 is 1.10 bits per heavy atom. The average Bonchev–Trinajstić information content (AvgIpc) is 3.21. The molecule has 1 atom stereocenters. The standard InChI is InChI=1S/C23H28N4O2S/c1-4-9-20(17-10-7-6-8-11-17)24-21(28)16-30-23-26-25-22(27(23)5-2)18-12-14-19(29-3)15-13-18/h6-8,10-15,20H,4-5,9,16H2,1-3H3,(H,24,28)/t20-/m0/s1. The fourth-order valence-electron chi connectivity index (χ4n) is 3.30. The number of nitrogens with one attached hydrogen (secondary N) is 1. The van der Waals surface area contributed by atoms with E-state index >= 15 is 0 Å². The summed E-state index contributed by atoms with van der Waals surface area (Å²) in [6.07, 6.45) is 1.91. The molecule has 0 unspecified atom stereocenters. The third-order valence-corrected chi connectivity index (χ3v) is 5.79. The van der Waals surface area contributed by atoms with Crippen molar-refractivity contribution in [1.29, 1.82) is 0 Å². The SMILES string of the molecule is CCC[C@H](NC(=O)CSc1nnc(-c2ccc(OC)cc2)n1CC)c1ccccc1. The minimum atomic E-state index is -0.000969. The molecule has 0 bridgehead atoms. The van der Waals surface area contributed by atoms with Crippen LogP contribution in [-0.2, 0) is 11.3 Å². The quantitative estimate of drug-likeness (QED) is 0.477. The first kappa shape index (κ1) is 21.9. The number of rotatable bonds is 10. The monoisotopic (exact) mass is 424 g/mol. The van der Waals surface area contributed by atoms with Gasteiger partial charge in [-0.05, 0) is 43.2 Å². The number of ether oxygens (including phenoxy) is 1. The molecule has 3 aromatic rings. The number of hydrogen-bond donors (Lipinski definition) is 1. The molecule has 1 N–H and O–H groups in total. The van der Waals surface area contributed by atoms with E-state index in [1.165, 1.54) is 11.8 Å². The molecular formula is C23H28N4O2S. The summed E-state index contributed by atoms with van der Waals surface area (Å²) in [5, 5.41) is 12.6. The highest BCUT2D eigenvalue weighted by atomic mass is 32.2. The van der Waals surface area contributed by atoms with E-state index in [0.29, 0.717) is 5.75 Å². The van der Waals surface area contributed by atoms with Gasteiger partial charge in [0, 0.05) is 12.1 Å². The van der Waals surface area contributed by atoms with Gasteiger partial charge in [0.15, 0.2) is 11.0 Å². The molecule has 7 heteroatoms. The van der Waals surface area contributed by atoms with Crippen LogP contribution < -0.4 is 10.1 Å². The maximum absolute atomic E-state index is 12.6. The van der Waals surface area contributed by atoms with Crippen LogP contribution in [0.3, 0.4) is 0 Å². The van der Waals surface area contributed by atoms with E-state index in [0.717, 1.165) is 47.2 Å². The summed E-state index contributed by atoms with van der Waals surface area (Å²) < 4.78 is 7.25. The third kappa shape index (κ3) is 5.42. The Kier molecular flexibility index (Phi) is 7.90. The summed E-state index contributed by atoms with van der Waals surface area (Å²) in [7, 11) is 1.65. The van der Waals surface area contributed by atoms with E-state index in [4.69, 9.17) is 4.74 Å². The molecule has 0 saturated heterocycles. The van der Waals surface area contributed by atoms with Gasteiger partial charge in [0.25, 0.3) is 0 Å². The Hall–Kier alpha value is -2.80. The first-order valence-electron chi connectivity index (χ1n) is 10.2. The van der Waals surface area contributed by atoms with Crippen molar-refractivity contribution in [2.45, 2.75) is 44.4 Å². The van der Waals surface area contributed by atoms with E-state index in [2.05, 4.69) is 34.6 Å². The molecule has 3 rings (SSSR count). The van der Waals surface area contributed by atoms with Gasteiger partial charge >= 0.3 is 0 Å². The number of benzene rings is 2. The normalized spacial score (nSPS) is 11.8. The molecule has 158 valence electrons. The molecule has 30 heavy (non-hydrogen) atoms. The van der Waals surface area contributed by atoms with E-state index in [-0.39, 0.29) is 11.9 Å². The van der Waals surface area contributed by atoms with Gasteiger partial charge in [0.2, 0.25) is 5.91 Å². The van der Waals surface area contributed by atoms with Gasteiger partial charge in [-0.2, -0.15) is 0 Å². The summed E-state index contributed by atoms with van der Waals surface area (Å²) in [5.74, 6) is 1.89. The van der Waals surface area contributed by atoms with Gasteiger partial charge in [-0.1, -0.05) is 55.4 Å². The van der Waals surface area contributed by atoms with Gasteiger partial charge in [0.05, 0.1) is 18.9 Å². The second-order valence-electron chi connectivity index (χ2n) is 6.89. The van der Waals surface area contributed by atoms with Crippen molar-refractivity contribution in [2.75, 3.05) is 12.9 Å². The van der Waals surface area contributed by atoms with Crippen LogP contribution in [0.25, 0.3) is 11.4 Å². The highest BCUT2D eigenvalue weighted by molar-refractivity contribution is 7.99. The number of methoxy groups -OCH3 is 1. The van der Waals surface area contributed by atoms with E-state index in [9.17, 15) is 4.79 Å². The fourth-order valence-corrected chi connectivity index (χ4v) is 4.11. The van der Waals surface area contributed by atoms with Gasteiger partial charge in [-0.3, -0.25) is 4.79 Å². The van der Waals surface area contributed by atoms with Crippen molar-refractivity contribution in [1.82, 2.24) is 20.1 Å². The predicted molar refractivity (Wildman–Crippen MR) is 121 cm³/mol. The van der Waals surface area contributed by atoms with Crippen molar-refractivity contribution in [3.05, 3.63) is 60.2 Å². The molecule has 0 radical (unpaired) electrons. The minimum absolute atomic E-state index is 0.000969. The Balaban J connectivity index is 1.66. The van der Waals surface area contributed by atoms with Crippen molar-refractivity contribution in [2.24, 2.45) is 0 Å². The molecule has 0 aliphatic carbocycles. The molecule has 2 aromatic carbocycles. The number of nitrogens with zero attached hydrogens (tertiary/aromatic N) is 3. The van der Waals surface area contributed by atoms with Crippen LogP contribution in [0.15, 0.2) is 59.8 Å². The molecule has 1 amide bonds. The first-order valence-corrected chi connectivity index (χ1v) is 11.2.